The van der Waals surface area contributed by atoms with Crippen molar-refractivity contribution < 1.29 is 31.5 Å². The van der Waals surface area contributed by atoms with Crippen molar-refractivity contribution in [3.63, 3.8) is 0 Å². The molecule has 1 aromatic carbocycles. The number of rotatable bonds is 3. The van der Waals surface area contributed by atoms with Gasteiger partial charge in [-0.2, -0.15) is 0 Å². The molecule has 0 saturated carbocycles. The number of thiophene rings is 1. The van der Waals surface area contributed by atoms with E-state index in [2.05, 4.69) is 0 Å². The first-order valence-electron chi connectivity index (χ1n) is 6.31. The lowest BCUT2D eigenvalue weighted by molar-refractivity contribution is -0.556. The number of halogens is 2. The van der Waals surface area contributed by atoms with Crippen LogP contribution in [0, 0.1) is 0 Å². The fraction of sp³-hybridized carbons (Fsp3) is 0.200. The van der Waals surface area contributed by atoms with Crippen LogP contribution in [0.3, 0.4) is 0 Å². The lowest BCUT2D eigenvalue weighted by Gasteiger charge is -2.16. The van der Waals surface area contributed by atoms with Crippen molar-refractivity contribution in [2.45, 2.75) is 12.5 Å². The fourth-order valence-electron chi connectivity index (χ4n) is 2.50. The summed E-state index contributed by atoms with van der Waals surface area (Å²) in [5.74, 6) is -0.881. The molecule has 21 heavy (non-hydrogen) atoms. The van der Waals surface area contributed by atoms with Crippen LogP contribution in [0.15, 0.2) is 35.7 Å². The zero-order chi connectivity index (χ0) is 14.1. The summed E-state index contributed by atoms with van der Waals surface area (Å²) in [5.41, 5.74) is 1.75. The molecule has 0 fully saturated rings. The van der Waals surface area contributed by atoms with Gasteiger partial charge in [-0.1, -0.05) is 29.8 Å². The third-order valence-corrected chi connectivity index (χ3v) is 4.79. The Morgan fingerprint density at radius 3 is 2.81 bits per heavy atom. The predicted molar refractivity (Wildman–Crippen MR) is 80.1 cm³/mol. The van der Waals surface area contributed by atoms with E-state index in [1.807, 2.05) is 34.4 Å². The molecule has 1 N–H and O–H groups in total. The molecule has 0 amide bonds. The molecule has 6 heteroatoms. The molecule has 1 aliphatic rings. The zero-order valence-electron chi connectivity index (χ0n) is 11.0. The van der Waals surface area contributed by atoms with E-state index in [9.17, 15) is 9.90 Å². The summed E-state index contributed by atoms with van der Waals surface area (Å²) in [7, 11) is 0. The van der Waals surface area contributed by atoms with Crippen LogP contribution in [-0.4, -0.2) is 28.4 Å². The zero-order valence-corrected chi connectivity index (χ0v) is 14.2. The quantitative estimate of drug-likeness (QED) is 0.767. The Kier molecular flexibility index (Phi) is 5.19. The van der Waals surface area contributed by atoms with Gasteiger partial charge in [0.2, 0.25) is 0 Å². The Morgan fingerprint density at radius 1 is 1.33 bits per heavy atom. The molecule has 3 rings (SSSR count). The van der Waals surface area contributed by atoms with Gasteiger partial charge in [0.1, 0.15) is 6.54 Å². The molecule has 1 atom stereocenters. The summed E-state index contributed by atoms with van der Waals surface area (Å²) < 4.78 is 1.86. The van der Waals surface area contributed by atoms with Gasteiger partial charge in [0.05, 0.1) is 10.6 Å². The van der Waals surface area contributed by atoms with E-state index < -0.39 is 12.0 Å². The number of fused-ring (bicyclic) bond motifs is 1. The number of hydrogen-bond acceptors (Lipinski definition) is 2. The number of benzene rings is 1. The van der Waals surface area contributed by atoms with E-state index in [0.717, 1.165) is 12.0 Å². The predicted octanol–water partition coefficient (Wildman–Crippen LogP) is 0.219. The highest BCUT2D eigenvalue weighted by Gasteiger charge is 2.34. The number of carboxylic acid groups (broad SMARTS) is 1. The average Bonchev–Trinajstić information content (AvgIpc) is 2.88. The topological polar surface area (TPSA) is 40.3 Å². The highest BCUT2D eigenvalue weighted by Crippen LogP contribution is 2.28. The largest absolute Gasteiger partial charge is 1.00 e. The van der Waals surface area contributed by atoms with Crippen molar-refractivity contribution in [2.24, 2.45) is 0 Å². The minimum atomic E-state index is -0.881. The van der Waals surface area contributed by atoms with Crippen molar-refractivity contribution >= 4 is 35.1 Å². The molecular formula is C15H13BrClNO2S. The molecule has 3 nitrogen and oxygen atoms in total. The van der Waals surface area contributed by atoms with Crippen LogP contribution in [0.4, 0.5) is 0 Å². The standard InChI is InChI=1S/C15H12ClNO2S.BrH/c16-12-4-2-1-3-11(12)14(15(18)19)17-7-5-13-10(9-17)6-8-20-13;/h1-4,6,8-9,14H,5,7H2;1H. The summed E-state index contributed by atoms with van der Waals surface area (Å²) in [6.07, 6.45) is 2.80. The van der Waals surface area contributed by atoms with Crippen molar-refractivity contribution in [3.05, 3.63) is 56.7 Å². The van der Waals surface area contributed by atoms with Gasteiger partial charge in [0, 0.05) is 16.9 Å². The van der Waals surface area contributed by atoms with E-state index in [-0.39, 0.29) is 17.0 Å². The molecular weight excluding hydrogens is 374 g/mol. The first-order chi connectivity index (χ1) is 9.66. The normalized spacial score (nSPS) is 14.6. The van der Waals surface area contributed by atoms with Gasteiger partial charge in [-0.25, -0.2) is 9.37 Å². The third kappa shape index (κ3) is 3.20. The average molecular weight is 387 g/mol. The molecule has 0 spiro atoms. The second kappa shape index (κ2) is 6.73. The van der Waals surface area contributed by atoms with Crippen LogP contribution in [0.25, 0.3) is 0 Å². The first-order valence-corrected chi connectivity index (χ1v) is 7.57. The Bertz CT molecular complexity index is 698. The van der Waals surface area contributed by atoms with Gasteiger partial charge in [-0.15, -0.1) is 11.3 Å². The SMILES string of the molecule is O=C(O)C(c1ccccc1Cl)[N+]1=Cc2ccsc2CC1.[Br-]. The van der Waals surface area contributed by atoms with Crippen LogP contribution in [0.1, 0.15) is 22.0 Å². The van der Waals surface area contributed by atoms with Crippen molar-refractivity contribution in [1.29, 1.82) is 0 Å². The molecule has 1 unspecified atom stereocenters. The second-order valence-corrected chi connectivity index (χ2v) is 6.09. The first kappa shape index (κ1) is 16.2. The Hall–Kier alpha value is -1.17. The second-order valence-electron chi connectivity index (χ2n) is 4.68. The monoisotopic (exact) mass is 385 g/mol. The maximum Gasteiger partial charge on any atom is 0.378 e. The number of carbonyl (C=O) groups is 1. The summed E-state index contributed by atoms with van der Waals surface area (Å²) in [6, 6.07) is 8.41. The van der Waals surface area contributed by atoms with Crippen molar-refractivity contribution in [3.8, 4) is 0 Å². The fourth-order valence-corrected chi connectivity index (χ4v) is 3.58. The van der Waals surface area contributed by atoms with E-state index >= 15 is 0 Å². The van der Waals surface area contributed by atoms with Gasteiger partial charge in [0.25, 0.3) is 6.04 Å². The van der Waals surface area contributed by atoms with Crippen LogP contribution >= 0.6 is 22.9 Å². The van der Waals surface area contributed by atoms with Crippen LogP contribution in [0.5, 0.6) is 0 Å². The Morgan fingerprint density at radius 2 is 2.10 bits per heavy atom. The van der Waals surface area contributed by atoms with E-state index in [1.54, 1.807) is 23.5 Å². The van der Waals surface area contributed by atoms with E-state index in [4.69, 9.17) is 11.6 Å². The van der Waals surface area contributed by atoms with Crippen LogP contribution in [0.2, 0.25) is 5.02 Å². The summed E-state index contributed by atoms with van der Waals surface area (Å²) in [4.78, 5) is 13.0. The van der Waals surface area contributed by atoms with Crippen LogP contribution in [-0.2, 0) is 11.2 Å². The molecule has 2 aromatic rings. The number of aliphatic carboxylic acids is 1. The van der Waals surface area contributed by atoms with Gasteiger partial charge in [0.15, 0.2) is 6.21 Å². The van der Waals surface area contributed by atoms with Gasteiger partial charge in [-0.3, -0.25) is 0 Å². The van der Waals surface area contributed by atoms with E-state index in [1.165, 1.54) is 4.88 Å². The summed E-state index contributed by atoms with van der Waals surface area (Å²) in [5, 5.41) is 12.1. The highest BCUT2D eigenvalue weighted by atomic mass is 79.9. The molecule has 0 bridgehead atoms. The lowest BCUT2D eigenvalue weighted by atomic mass is 10.0. The smallest absolute Gasteiger partial charge is 0.378 e. The number of carboxylic acids is 1. The Labute approximate surface area is 142 Å². The lowest BCUT2D eigenvalue weighted by Crippen LogP contribution is -3.00. The van der Waals surface area contributed by atoms with Crippen molar-refractivity contribution in [2.75, 3.05) is 6.54 Å². The minimum absolute atomic E-state index is 0. The maximum atomic E-state index is 11.7. The Balaban J connectivity index is 0.00000161. The summed E-state index contributed by atoms with van der Waals surface area (Å²) >= 11 is 7.87. The molecule has 1 aliphatic heterocycles. The maximum absolute atomic E-state index is 11.7. The van der Waals surface area contributed by atoms with Crippen LogP contribution < -0.4 is 17.0 Å². The van der Waals surface area contributed by atoms with Gasteiger partial charge < -0.3 is 22.1 Å². The molecule has 0 saturated heterocycles. The number of nitrogens with zero attached hydrogens (tertiary/aromatic N) is 1. The molecule has 0 radical (unpaired) electrons. The number of hydrogen-bond donors (Lipinski definition) is 1. The van der Waals surface area contributed by atoms with Gasteiger partial charge >= 0.3 is 5.97 Å². The minimum Gasteiger partial charge on any atom is -1.00 e. The molecule has 0 aliphatic carbocycles. The van der Waals surface area contributed by atoms with Crippen molar-refractivity contribution in [1.82, 2.24) is 0 Å². The van der Waals surface area contributed by atoms with Gasteiger partial charge in [-0.05, 0) is 17.5 Å². The molecule has 110 valence electrons. The third-order valence-electron chi connectivity index (χ3n) is 3.45. The molecule has 2 heterocycles. The molecule has 1 aromatic heterocycles. The highest BCUT2D eigenvalue weighted by molar-refractivity contribution is 7.10. The summed E-state index contributed by atoms with van der Waals surface area (Å²) in [6.45, 7) is 0.690. The van der Waals surface area contributed by atoms with E-state index in [0.29, 0.717) is 17.1 Å².